The van der Waals surface area contributed by atoms with Gasteiger partial charge in [-0.1, -0.05) is 0 Å². The first kappa shape index (κ1) is 7.69. The highest BCUT2D eigenvalue weighted by molar-refractivity contribution is 9.10. The van der Waals surface area contributed by atoms with Crippen LogP contribution in [-0.4, -0.2) is 4.98 Å². The van der Waals surface area contributed by atoms with Crippen LogP contribution in [0.5, 0.6) is 0 Å². The van der Waals surface area contributed by atoms with Gasteiger partial charge >= 0.3 is 0 Å². The number of hydrogen-bond donors (Lipinski definition) is 1. The van der Waals surface area contributed by atoms with E-state index in [9.17, 15) is 0 Å². The van der Waals surface area contributed by atoms with Crippen LogP contribution >= 0.6 is 15.9 Å². The normalized spacial score (nSPS) is 9.90. The lowest BCUT2D eigenvalue weighted by Gasteiger charge is -1.98. The fourth-order valence-electron chi connectivity index (χ4n) is 0.709. The maximum Gasteiger partial charge on any atom is 0.0542 e. The van der Waals surface area contributed by atoms with Gasteiger partial charge in [-0.25, -0.2) is 0 Å². The van der Waals surface area contributed by atoms with Gasteiger partial charge in [0.2, 0.25) is 0 Å². The summed E-state index contributed by atoms with van der Waals surface area (Å²) in [5.74, 6) is 0. The Labute approximate surface area is 68.6 Å². The van der Waals surface area contributed by atoms with Crippen molar-refractivity contribution in [1.82, 2.24) is 4.98 Å². The Bertz CT molecular complexity index is 235. The van der Waals surface area contributed by atoms with Gasteiger partial charge < -0.3 is 5.73 Å². The summed E-state index contributed by atoms with van der Waals surface area (Å²) in [7, 11) is 0. The van der Waals surface area contributed by atoms with Gasteiger partial charge in [-0.05, 0) is 34.5 Å². The monoisotopic (exact) mass is 200 g/mol. The van der Waals surface area contributed by atoms with E-state index < -0.39 is 0 Å². The molecule has 0 radical (unpaired) electrons. The SMILES string of the molecule is Cc1cc(CN)ncc1Br. The van der Waals surface area contributed by atoms with Crippen molar-refractivity contribution >= 4 is 15.9 Å². The zero-order valence-electron chi connectivity index (χ0n) is 5.76. The van der Waals surface area contributed by atoms with Crippen LogP contribution in [0.3, 0.4) is 0 Å². The third-order valence-corrected chi connectivity index (χ3v) is 2.14. The average Bonchev–Trinajstić information content (AvgIpc) is 1.95. The van der Waals surface area contributed by atoms with Crippen LogP contribution < -0.4 is 5.73 Å². The van der Waals surface area contributed by atoms with Crippen molar-refractivity contribution in [1.29, 1.82) is 0 Å². The highest BCUT2D eigenvalue weighted by Gasteiger charge is 1.95. The Balaban J connectivity index is 3.04. The minimum Gasteiger partial charge on any atom is -0.325 e. The zero-order valence-corrected chi connectivity index (χ0v) is 7.35. The number of aryl methyl sites for hydroxylation is 1. The van der Waals surface area contributed by atoms with Crippen molar-refractivity contribution in [3.8, 4) is 0 Å². The Morgan fingerprint density at radius 1 is 1.70 bits per heavy atom. The Morgan fingerprint density at radius 3 is 2.90 bits per heavy atom. The third-order valence-electron chi connectivity index (χ3n) is 1.31. The van der Waals surface area contributed by atoms with Crippen molar-refractivity contribution < 1.29 is 0 Å². The standard InChI is InChI=1S/C7H9BrN2/c1-5-2-6(3-9)10-4-7(5)8/h2,4H,3,9H2,1H3. The van der Waals surface area contributed by atoms with Gasteiger partial charge in [0, 0.05) is 17.2 Å². The summed E-state index contributed by atoms with van der Waals surface area (Å²) in [5, 5.41) is 0. The van der Waals surface area contributed by atoms with E-state index in [1.165, 1.54) is 5.56 Å². The topological polar surface area (TPSA) is 38.9 Å². The van der Waals surface area contributed by atoms with Crippen LogP contribution in [0, 0.1) is 6.92 Å². The van der Waals surface area contributed by atoms with E-state index in [4.69, 9.17) is 5.73 Å². The number of hydrogen-bond acceptors (Lipinski definition) is 2. The first-order valence-corrected chi connectivity index (χ1v) is 3.84. The lowest BCUT2D eigenvalue weighted by molar-refractivity contribution is 0.980. The Morgan fingerprint density at radius 2 is 2.40 bits per heavy atom. The molecule has 1 aromatic heterocycles. The number of nitrogens with two attached hydrogens (primary N) is 1. The number of nitrogens with zero attached hydrogens (tertiary/aromatic N) is 1. The quantitative estimate of drug-likeness (QED) is 0.749. The number of pyridine rings is 1. The van der Waals surface area contributed by atoms with E-state index in [-0.39, 0.29) is 0 Å². The molecule has 1 heterocycles. The molecule has 1 rings (SSSR count). The van der Waals surface area contributed by atoms with Gasteiger partial charge in [0.25, 0.3) is 0 Å². The molecule has 0 aliphatic heterocycles. The van der Waals surface area contributed by atoms with Crippen molar-refractivity contribution in [2.45, 2.75) is 13.5 Å². The van der Waals surface area contributed by atoms with Crippen molar-refractivity contribution in [2.24, 2.45) is 5.73 Å². The molecule has 0 unspecified atom stereocenters. The molecule has 0 fully saturated rings. The fourth-order valence-corrected chi connectivity index (χ4v) is 0.926. The first-order valence-electron chi connectivity index (χ1n) is 3.05. The Kier molecular flexibility index (Phi) is 2.40. The fraction of sp³-hybridized carbons (Fsp3) is 0.286. The zero-order chi connectivity index (χ0) is 7.56. The highest BCUT2D eigenvalue weighted by Crippen LogP contribution is 2.14. The minimum atomic E-state index is 0.508. The second kappa shape index (κ2) is 3.12. The molecule has 2 N–H and O–H groups in total. The maximum absolute atomic E-state index is 5.39. The summed E-state index contributed by atoms with van der Waals surface area (Å²) >= 11 is 3.36. The summed E-state index contributed by atoms with van der Waals surface area (Å²) in [6.07, 6.45) is 1.78. The third kappa shape index (κ3) is 1.55. The van der Waals surface area contributed by atoms with Crippen molar-refractivity contribution in [2.75, 3.05) is 0 Å². The summed E-state index contributed by atoms with van der Waals surface area (Å²) in [5.41, 5.74) is 7.50. The van der Waals surface area contributed by atoms with Gasteiger partial charge in [-0.2, -0.15) is 0 Å². The lowest BCUT2D eigenvalue weighted by Crippen LogP contribution is -1.99. The lowest BCUT2D eigenvalue weighted by atomic mass is 10.2. The van der Waals surface area contributed by atoms with Crippen LogP contribution in [0.4, 0.5) is 0 Å². The van der Waals surface area contributed by atoms with Crippen molar-refractivity contribution in [3.63, 3.8) is 0 Å². The maximum atomic E-state index is 5.39. The molecule has 0 atom stereocenters. The van der Waals surface area contributed by atoms with E-state index in [0.29, 0.717) is 6.54 Å². The summed E-state index contributed by atoms with van der Waals surface area (Å²) < 4.78 is 1.03. The van der Waals surface area contributed by atoms with Crippen LogP contribution in [0.2, 0.25) is 0 Å². The molecular formula is C7H9BrN2. The molecule has 0 aromatic carbocycles. The predicted molar refractivity (Wildman–Crippen MR) is 44.6 cm³/mol. The summed E-state index contributed by atoms with van der Waals surface area (Å²) in [6, 6.07) is 1.98. The Hall–Kier alpha value is -0.410. The van der Waals surface area contributed by atoms with Crippen LogP contribution in [0.1, 0.15) is 11.3 Å². The molecule has 0 bridgehead atoms. The van der Waals surface area contributed by atoms with Gasteiger partial charge in [-0.3, -0.25) is 4.98 Å². The smallest absolute Gasteiger partial charge is 0.0542 e. The molecule has 0 spiro atoms. The van der Waals surface area contributed by atoms with Gasteiger partial charge in [0.15, 0.2) is 0 Å². The van der Waals surface area contributed by atoms with Crippen LogP contribution in [0.25, 0.3) is 0 Å². The second-order valence-corrected chi connectivity index (χ2v) is 2.98. The second-order valence-electron chi connectivity index (χ2n) is 2.13. The van der Waals surface area contributed by atoms with E-state index in [1.54, 1.807) is 6.20 Å². The summed E-state index contributed by atoms with van der Waals surface area (Å²) in [4.78, 5) is 4.09. The number of halogens is 1. The molecule has 0 aliphatic carbocycles. The van der Waals surface area contributed by atoms with E-state index >= 15 is 0 Å². The minimum absolute atomic E-state index is 0.508. The molecule has 0 saturated heterocycles. The highest BCUT2D eigenvalue weighted by atomic mass is 79.9. The molecule has 0 saturated carbocycles. The van der Waals surface area contributed by atoms with E-state index in [0.717, 1.165) is 10.2 Å². The first-order chi connectivity index (χ1) is 4.74. The molecule has 54 valence electrons. The molecule has 1 aromatic rings. The number of aromatic nitrogens is 1. The van der Waals surface area contributed by atoms with Crippen molar-refractivity contribution in [3.05, 3.63) is 28.0 Å². The molecule has 10 heavy (non-hydrogen) atoms. The molecule has 0 amide bonds. The molecular weight excluding hydrogens is 192 g/mol. The van der Waals surface area contributed by atoms with E-state index in [1.807, 2.05) is 13.0 Å². The largest absolute Gasteiger partial charge is 0.325 e. The van der Waals surface area contributed by atoms with Gasteiger partial charge in [0.05, 0.1) is 5.69 Å². The molecule has 0 aliphatic rings. The van der Waals surface area contributed by atoms with E-state index in [2.05, 4.69) is 20.9 Å². The van der Waals surface area contributed by atoms with Gasteiger partial charge in [-0.15, -0.1) is 0 Å². The molecule has 2 nitrogen and oxygen atoms in total. The molecule has 3 heteroatoms. The number of rotatable bonds is 1. The summed E-state index contributed by atoms with van der Waals surface area (Å²) in [6.45, 7) is 2.53. The predicted octanol–water partition coefficient (Wildman–Crippen LogP) is 1.61. The van der Waals surface area contributed by atoms with Crippen LogP contribution in [-0.2, 0) is 6.54 Å². The average molecular weight is 201 g/mol. The van der Waals surface area contributed by atoms with Gasteiger partial charge in [0.1, 0.15) is 0 Å². The van der Waals surface area contributed by atoms with Crippen LogP contribution in [0.15, 0.2) is 16.7 Å².